The minimum atomic E-state index is -3.82. The second kappa shape index (κ2) is 6.50. The average Bonchev–Trinajstić information content (AvgIpc) is 2.97. The quantitative estimate of drug-likeness (QED) is 0.786. The van der Waals surface area contributed by atoms with Gasteiger partial charge in [0.2, 0.25) is 0 Å². The van der Waals surface area contributed by atoms with Gasteiger partial charge in [-0.15, -0.1) is 11.3 Å². The first-order chi connectivity index (χ1) is 10.4. The van der Waals surface area contributed by atoms with Crippen molar-refractivity contribution in [3.63, 3.8) is 0 Å². The van der Waals surface area contributed by atoms with Crippen molar-refractivity contribution in [2.45, 2.75) is 18.7 Å². The highest BCUT2D eigenvalue weighted by Crippen LogP contribution is 2.29. The topological polar surface area (TPSA) is 63.7 Å². The van der Waals surface area contributed by atoms with E-state index in [4.69, 9.17) is 0 Å². The number of carbonyl (C=O) groups excluding carboxylic acids is 1. The monoisotopic (exact) mass is 339 g/mol. The number of nitrogens with zero attached hydrogens (tertiary/aromatic N) is 1. The summed E-state index contributed by atoms with van der Waals surface area (Å²) in [6, 6.07) is 8.67. The number of sulfonamides is 1. The summed E-state index contributed by atoms with van der Waals surface area (Å²) < 4.78 is 31.7. The largest absolute Gasteiger partial charge is 0.465 e. The van der Waals surface area contributed by atoms with Crippen LogP contribution in [0.2, 0.25) is 0 Å². The number of methoxy groups -OCH3 is 1. The van der Waals surface area contributed by atoms with E-state index in [2.05, 4.69) is 4.74 Å². The zero-order valence-electron chi connectivity index (χ0n) is 12.6. The summed E-state index contributed by atoms with van der Waals surface area (Å²) in [6.45, 7) is 3.92. The first-order valence-corrected chi connectivity index (χ1v) is 8.99. The van der Waals surface area contributed by atoms with Crippen molar-refractivity contribution in [3.8, 4) is 0 Å². The Balaban J connectivity index is 2.53. The summed E-state index contributed by atoms with van der Waals surface area (Å²) >= 11 is 1.05. The van der Waals surface area contributed by atoms with Crippen LogP contribution in [0.25, 0.3) is 0 Å². The van der Waals surface area contributed by atoms with E-state index in [0.717, 1.165) is 16.9 Å². The molecule has 0 amide bonds. The van der Waals surface area contributed by atoms with E-state index in [1.54, 1.807) is 30.5 Å². The standard InChI is InChI=1S/C15H17NO4S2/c1-4-16(12-7-5-6-11(2)10-12)22(18,19)13-8-9-21-14(13)15(17)20-3/h5-10H,4H2,1-3H3. The molecule has 2 rings (SSSR count). The molecule has 0 bridgehead atoms. The van der Waals surface area contributed by atoms with E-state index >= 15 is 0 Å². The molecule has 1 aromatic carbocycles. The van der Waals surface area contributed by atoms with Gasteiger partial charge >= 0.3 is 5.97 Å². The number of esters is 1. The van der Waals surface area contributed by atoms with Crippen LogP contribution in [-0.4, -0.2) is 28.0 Å². The number of hydrogen-bond donors (Lipinski definition) is 0. The van der Waals surface area contributed by atoms with Crippen LogP contribution in [0.5, 0.6) is 0 Å². The Kier molecular flexibility index (Phi) is 4.87. The third kappa shape index (κ3) is 3.00. The van der Waals surface area contributed by atoms with Gasteiger partial charge in [-0.25, -0.2) is 13.2 Å². The van der Waals surface area contributed by atoms with Gasteiger partial charge in [0.05, 0.1) is 12.8 Å². The van der Waals surface area contributed by atoms with Crippen molar-refractivity contribution in [2.24, 2.45) is 0 Å². The van der Waals surface area contributed by atoms with Crippen LogP contribution in [0.4, 0.5) is 5.69 Å². The molecule has 118 valence electrons. The molecule has 22 heavy (non-hydrogen) atoms. The molecule has 0 fully saturated rings. The fourth-order valence-electron chi connectivity index (χ4n) is 2.14. The second-order valence-corrected chi connectivity index (χ2v) is 7.36. The molecular formula is C15H17NO4S2. The first kappa shape index (κ1) is 16.5. The predicted molar refractivity (Wildman–Crippen MR) is 87.0 cm³/mol. The number of hydrogen-bond acceptors (Lipinski definition) is 5. The molecule has 0 saturated carbocycles. The number of thiophene rings is 1. The van der Waals surface area contributed by atoms with Crippen molar-refractivity contribution in [2.75, 3.05) is 18.0 Å². The van der Waals surface area contributed by atoms with Crippen LogP contribution in [0.15, 0.2) is 40.6 Å². The van der Waals surface area contributed by atoms with Gasteiger partial charge in [-0.3, -0.25) is 4.31 Å². The van der Waals surface area contributed by atoms with E-state index in [0.29, 0.717) is 5.69 Å². The Morgan fingerprint density at radius 1 is 1.32 bits per heavy atom. The Morgan fingerprint density at radius 2 is 2.05 bits per heavy atom. The zero-order chi connectivity index (χ0) is 16.3. The Hall–Kier alpha value is -1.86. The maximum Gasteiger partial charge on any atom is 0.349 e. The summed E-state index contributed by atoms with van der Waals surface area (Å²) in [5, 5.41) is 1.57. The lowest BCUT2D eigenvalue weighted by Gasteiger charge is -2.23. The number of anilines is 1. The van der Waals surface area contributed by atoms with Crippen molar-refractivity contribution >= 4 is 33.0 Å². The van der Waals surface area contributed by atoms with Gasteiger partial charge in [0.25, 0.3) is 10.0 Å². The highest BCUT2D eigenvalue weighted by Gasteiger charge is 2.30. The number of rotatable bonds is 5. The van der Waals surface area contributed by atoms with Gasteiger partial charge in [0, 0.05) is 6.54 Å². The van der Waals surface area contributed by atoms with Gasteiger partial charge < -0.3 is 4.74 Å². The highest BCUT2D eigenvalue weighted by molar-refractivity contribution is 7.93. The SMILES string of the molecule is CCN(c1cccc(C)c1)S(=O)(=O)c1ccsc1C(=O)OC. The summed E-state index contributed by atoms with van der Waals surface area (Å²) in [5.41, 5.74) is 1.54. The van der Waals surface area contributed by atoms with Crippen molar-refractivity contribution in [1.82, 2.24) is 0 Å². The number of ether oxygens (including phenoxy) is 1. The van der Waals surface area contributed by atoms with Gasteiger partial charge in [0.15, 0.2) is 0 Å². The third-order valence-electron chi connectivity index (χ3n) is 3.14. The molecule has 5 nitrogen and oxygen atoms in total. The van der Waals surface area contributed by atoms with Gasteiger partial charge in [-0.2, -0.15) is 0 Å². The lowest BCUT2D eigenvalue weighted by Crippen LogP contribution is -2.31. The Morgan fingerprint density at radius 3 is 2.64 bits per heavy atom. The molecule has 0 radical (unpaired) electrons. The minimum Gasteiger partial charge on any atom is -0.465 e. The molecular weight excluding hydrogens is 322 g/mol. The van der Waals surface area contributed by atoms with Gasteiger partial charge in [-0.05, 0) is 43.0 Å². The summed E-state index contributed by atoms with van der Waals surface area (Å²) in [6.07, 6.45) is 0. The van der Waals surface area contributed by atoms with Crippen LogP contribution in [0.1, 0.15) is 22.2 Å². The van der Waals surface area contributed by atoms with Crippen LogP contribution in [0, 0.1) is 6.92 Å². The smallest absolute Gasteiger partial charge is 0.349 e. The van der Waals surface area contributed by atoms with Crippen molar-refractivity contribution in [3.05, 3.63) is 46.2 Å². The Bertz CT molecular complexity index is 780. The number of benzene rings is 1. The molecule has 0 saturated heterocycles. The number of aryl methyl sites for hydroxylation is 1. The van der Waals surface area contributed by atoms with Crippen LogP contribution >= 0.6 is 11.3 Å². The molecule has 0 unspecified atom stereocenters. The third-order valence-corrected chi connectivity index (χ3v) is 6.11. The summed E-state index contributed by atoms with van der Waals surface area (Å²) in [5.74, 6) is -0.645. The van der Waals surface area contributed by atoms with Crippen molar-refractivity contribution < 1.29 is 17.9 Å². The molecule has 1 aromatic heterocycles. The Labute approximate surface area is 134 Å². The maximum atomic E-state index is 12.9. The average molecular weight is 339 g/mol. The fourth-order valence-corrected chi connectivity index (χ4v) is 4.91. The molecule has 2 aromatic rings. The maximum absolute atomic E-state index is 12.9. The lowest BCUT2D eigenvalue weighted by atomic mass is 10.2. The second-order valence-electron chi connectivity index (χ2n) is 4.61. The highest BCUT2D eigenvalue weighted by atomic mass is 32.2. The molecule has 7 heteroatoms. The molecule has 0 N–H and O–H groups in total. The first-order valence-electron chi connectivity index (χ1n) is 6.67. The van der Waals surface area contributed by atoms with E-state index in [9.17, 15) is 13.2 Å². The fraction of sp³-hybridized carbons (Fsp3) is 0.267. The molecule has 0 aliphatic carbocycles. The van der Waals surface area contributed by atoms with Crippen LogP contribution in [0.3, 0.4) is 0 Å². The van der Waals surface area contributed by atoms with Gasteiger partial charge in [-0.1, -0.05) is 12.1 Å². The van der Waals surface area contributed by atoms with E-state index < -0.39 is 16.0 Å². The van der Waals surface area contributed by atoms with Gasteiger partial charge in [0.1, 0.15) is 9.77 Å². The van der Waals surface area contributed by atoms with Crippen molar-refractivity contribution in [1.29, 1.82) is 0 Å². The van der Waals surface area contributed by atoms with Crippen LogP contribution < -0.4 is 4.31 Å². The van der Waals surface area contributed by atoms with E-state index in [1.807, 2.05) is 13.0 Å². The normalized spacial score (nSPS) is 11.2. The van der Waals surface area contributed by atoms with E-state index in [1.165, 1.54) is 17.5 Å². The minimum absolute atomic E-state index is 0.0206. The van der Waals surface area contributed by atoms with Crippen LogP contribution in [-0.2, 0) is 14.8 Å². The number of carbonyl (C=O) groups is 1. The molecule has 0 aliphatic rings. The molecule has 0 spiro atoms. The summed E-state index contributed by atoms with van der Waals surface area (Å²) in [7, 11) is -2.59. The molecule has 1 heterocycles. The zero-order valence-corrected chi connectivity index (χ0v) is 14.2. The predicted octanol–water partition coefficient (Wildman–Crippen LogP) is 3.06. The summed E-state index contributed by atoms with van der Waals surface area (Å²) in [4.78, 5) is 11.8. The molecule has 0 atom stereocenters. The molecule has 0 aliphatic heterocycles. The lowest BCUT2D eigenvalue weighted by molar-refractivity contribution is 0.0602. The van der Waals surface area contributed by atoms with E-state index in [-0.39, 0.29) is 16.3 Å².